The molecule has 14 heteroatoms. The number of aromatic nitrogens is 3. The maximum absolute atomic E-state index is 14.3. The average Bonchev–Trinajstić information content (AvgIpc) is 3.46. The number of anilines is 2. The van der Waals surface area contributed by atoms with Crippen molar-refractivity contribution in [3.05, 3.63) is 114 Å². The molecule has 2 aromatic heterocycles. The third-order valence-corrected chi connectivity index (χ3v) is 8.81. The van der Waals surface area contributed by atoms with Crippen LogP contribution in [-0.2, 0) is 22.4 Å². The molecule has 0 spiro atoms. The second-order valence-corrected chi connectivity index (χ2v) is 12.7. The normalized spacial score (nSPS) is 13.3. The van der Waals surface area contributed by atoms with E-state index in [-0.39, 0.29) is 46.1 Å². The Balaban J connectivity index is 1.43. The first kappa shape index (κ1) is 31.5. The Morgan fingerprint density at radius 1 is 1.00 bits per heavy atom. The number of methoxy groups -OCH3 is 1. The third-order valence-electron chi connectivity index (χ3n) is 7.66. The molecule has 0 radical (unpaired) electrons. The van der Waals surface area contributed by atoms with Crippen molar-refractivity contribution in [2.75, 3.05) is 30.1 Å². The van der Waals surface area contributed by atoms with Crippen LogP contribution in [0.5, 0.6) is 5.75 Å². The highest BCUT2D eigenvalue weighted by Gasteiger charge is 2.43. The van der Waals surface area contributed by atoms with Gasteiger partial charge in [-0.05, 0) is 60.5 Å². The van der Waals surface area contributed by atoms with Gasteiger partial charge in [0, 0.05) is 35.8 Å². The fraction of sp³-hybridized carbons (Fsp3) is 0.152. The van der Waals surface area contributed by atoms with Crippen LogP contribution in [0, 0.1) is 0 Å². The van der Waals surface area contributed by atoms with Crippen molar-refractivity contribution in [2.45, 2.75) is 17.5 Å². The third kappa shape index (κ3) is 6.06. The van der Waals surface area contributed by atoms with Crippen LogP contribution in [0.3, 0.4) is 0 Å². The lowest BCUT2D eigenvalue weighted by Gasteiger charge is -2.28. The van der Waals surface area contributed by atoms with Gasteiger partial charge in [-0.2, -0.15) is 18.3 Å². The second-order valence-electron chi connectivity index (χ2n) is 10.7. The average molecular weight is 662 g/mol. The Morgan fingerprint density at radius 3 is 2.40 bits per heavy atom. The molecule has 0 aliphatic carbocycles. The van der Waals surface area contributed by atoms with E-state index in [2.05, 4.69) is 15.4 Å². The highest BCUT2D eigenvalue weighted by molar-refractivity contribution is 7.90. The van der Waals surface area contributed by atoms with E-state index < -0.39 is 33.5 Å². The molecule has 0 bridgehead atoms. The number of fused-ring (bicyclic) bond motifs is 1. The Kier molecular flexibility index (Phi) is 8.05. The van der Waals surface area contributed by atoms with Gasteiger partial charge in [-0.15, -0.1) is 0 Å². The van der Waals surface area contributed by atoms with Crippen LogP contribution in [0.2, 0.25) is 0 Å². The van der Waals surface area contributed by atoms with Crippen molar-refractivity contribution in [2.24, 2.45) is 0 Å². The van der Waals surface area contributed by atoms with E-state index >= 15 is 0 Å². The van der Waals surface area contributed by atoms with E-state index in [0.29, 0.717) is 22.5 Å². The van der Waals surface area contributed by atoms with Crippen molar-refractivity contribution in [3.8, 4) is 22.6 Å². The molecular formula is C33H26F3N5O5S. The van der Waals surface area contributed by atoms with Crippen LogP contribution in [0.15, 0.2) is 96.2 Å². The Morgan fingerprint density at radius 2 is 1.74 bits per heavy atom. The van der Waals surface area contributed by atoms with Crippen LogP contribution in [0.25, 0.3) is 16.8 Å². The van der Waals surface area contributed by atoms with Gasteiger partial charge in [0.15, 0.2) is 15.5 Å². The molecule has 2 amide bonds. The number of hydrogen-bond donors (Lipinski definition) is 1. The molecule has 0 saturated heterocycles. The topological polar surface area (TPSA) is 123 Å². The van der Waals surface area contributed by atoms with E-state index in [9.17, 15) is 31.2 Å². The second kappa shape index (κ2) is 12.0. The molecule has 1 aliphatic rings. The number of alkyl halides is 3. The van der Waals surface area contributed by atoms with Crippen LogP contribution in [0.1, 0.15) is 32.1 Å². The van der Waals surface area contributed by atoms with Crippen molar-refractivity contribution < 1.29 is 35.9 Å². The molecule has 3 aromatic carbocycles. The molecule has 1 N–H and O–H groups in total. The van der Waals surface area contributed by atoms with E-state index in [1.807, 2.05) is 0 Å². The van der Waals surface area contributed by atoms with Gasteiger partial charge in [0.2, 0.25) is 0 Å². The number of hydrogen-bond acceptors (Lipinski definition) is 7. The highest BCUT2D eigenvalue weighted by Crippen LogP contribution is 2.38. The number of pyridine rings is 1. The van der Waals surface area contributed by atoms with Gasteiger partial charge in [-0.1, -0.05) is 30.3 Å². The molecule has 0 atom stereocenters. The van der Waals surface area contributed by atoms with Gasteiger partial charge in [0.1, 0.15) is 11.4 Å². The van der Waals surface area contributed by atoms with Crippen LogP contribution in [0.4, 0.5) is 24.5 Å². The van der Waals surface area contributed by atoms with Crippen molar-refractivity contribution in [1.82, 2.24) is 14.8 Å². The lowest BCUT2D eigenvalue weighted by molar-refractivity contribution is -0.141. The van der Waals surface area contributed by atoms with Crippen LogP contribution >= 0.6 is 0 Å². The fourth-order valence-electron chi connectivity index (χ4n) is 5.50. The molecule has 10 nitrogen and oxygen atoms in total. The van der Waals surface area contributed by atoms with Gasteiger partial charge < -0.3 is 15.0 Å². The summed E-state index contributed by atoms with van der Waals surface area (Å²) in [5.74, 6) is -1.18. The van der Waals surface area contributed by atoms with Crippen LogP contribution < -0.4 is 15.0 Å². The minimum Gasteiger partial charge on any atom is -0.497 e. The summed E-state index contributed by atoms with van der Waals surface area (Å²) in [5, 5.41) is 6.52. The minimum absolute atomic E-state index is 0.0677. The highest BCUT2D eigenvalue weighted by atomic mass is 32.2. The molecule has 0 fully saturated rings. The van der Waals surface area contributed by atoms with Gasteiger partial charge in [0.25, 0.3) is 11.8 Å². The Labute approximate surface area is 267 Å². The lowest BCUT2D eigenvalue weighted by Crippen LogP contribution is -2.39. The Bertz CT molecular complexity index is 2120. The maximum Gasteiger partial charge on any atom is 0.435 e. The summed E-state index contributed by atoms with van der Waals surface area (Å²) in [5.41, 5.74) is -0.232. The quantitative estimate of drug-likeness (QED) is 0.233. The number of nitrogens with zero attached hydrogens (tertiary/aromatic N) is 4. The van der Waals surface area contributed by atoms with E-state index in [1.165, 1.54) is 48.7 Å². The summed E-state index contributed by atoms with van der Waals surface area (Å²) in [6.07, 6.45) is -1.01. The van der Waals surface area contributed by atoms with Crippen molar-refractivity contribution in [3.63, 3.8) is 0 Å². The zero-order valence-electron chi connectivity index (χ0n) is 24.9. The fourth-order valence-corrected chi connectivity index (χ4v) is 6.41. The summed E-state index contributed by atoms with van der Waals surface area (Å²) in [6, 6.07) is 20.3. The standard InChI is InChI=1S/C33H26F3N5O5S/c1-46-23-13-14-27(26(18-23)31(42)38-21-6-5-16-37-19-21)41-29-25(30(39-41)33(34,35)36)15-17-40(32(29)43)22-11-9-20(10-12-22)24-7-3-4-8-28(24)47(2,44)45/h3-14,16,18-19H,15,17H2,1-2H3,(H,38,42). The van der Waals surface area contributed by atoms with E-state index in [1.54, 1.807) is 54.6 Å². The Hall–Kier alpha value is -5.50. The first-order chi connectivity index (χ1) is 22.4. The number of halogens is 3. The monoisotopic (exact) mass is 661 g/mol. The minimum atomic E-state index is -4.88. The summed E-state index contributed by atoms with van der Waals surface area (Å²) >= 11 is 0. The van der Waals surface area contributed by atoms with Crippen molar-refractivity contribution >= 4 is 33.0 Å². The number of ether oxygens (including phenoxy) is 1. The summed E-state index contributed by atoms with van der Waals surface area (Å²) in [7, 11) is -2.16. The molecule has 0 saturated carbocycles. The number of amides is 2. The summed E-state index contributed by atoms with van der Waals surface area (Å²) < 4.78 is 73.7. The molecule has 3 heterocycles. The van der Waals surface area contributed by atoms with Crippen LogP contribution in [-0.4, -0.2) is 54.9 Å². The van der Waals surface area contributed by atoms with Gasteiger partial charge >= 0.3 is 6.18 Å². The molecular weight excluding hydrogens is 635 g/mol. The first-order valence-electron chi connectivity index (χ1n) is 14.2. The smallest absolute Gasteiger partial charge is 0.435 e. The largest absolute Gasteiger partial charge is 0.497 e. The van der Waals surface area contributed by atoms with Gasteiger partial charge in [-0.25, -0.2) is 13.1 Å². The number of carbonyl (C=O) groups excluding carboxylic acids is 2. The molecule has 5 aromatic rings. The number of benzene rings is 3. The summed E-state index contributed by atoms with van der Waals surface area (Å²) in [6.45, 7) is -0.0726. The molecule has 47 heavy (non-hydrogen) atoms. The number of rotatable bonds is 7. The predicted molar refractivity (Wildman–Crippen MR) is 168 cm³/mol. The predicted octanol–water partition coefficient (Wildman–Crippen LogP) is 5.82. The molecule has 1 aliphatic heterocycles. The molecule has 6 rings (SSSR count). The maximum atomic E-state index is 14.3. The number of carbonyl (C=O) groups is 2. The summed E-state index contributed by atoms with van der Waals surface area (Å²) in [4.78, 5) is 33.0. The van der Waals surface area contributed by atoms with Crippen molar-refractivity contribution in [1.29, 1.82) is 0 Å². The van der Waals surface area contributed by atoms with Gasteiger partial charge in [-0.3, -0.25) is 14.6 Å². The molecule has 240 valence electrons. The number of nitrogens with one attached hydrogen (secondary N) is 1. The number of sulfone groups is 1. The van der Waals surface area contributed by atoms with E-state index in [4.69, 9.17) is 4.74 Å². The zero-order chi connectivity index (χ0) is 33.5. The SMILES string of the molecule is COc1ccc(-n2nc(C(F)(F)F)c3c2C(=O)N(c2ccc(-c4ccccc4S(C)(=O)=O)cc2)CC3)c(C(=O)Nc2cccnc2)c1. The van der Waals surface area contributed by atoms with Gasteiger partial charge in [0.05, 0.1) is 35.1 Å². The zero-order valence-corrected chi connectivity index (χ0v) is 25.8. The lowest BCUT2D eigenvalue weighted by atomic mass is 10.0. The molecule has 0 unspecified atom stereocenters. The first-order valence-corrected chi connectivity index (χ1v) is 16.1. The van der Waals surface area contributed by atoms with E-state index in [0.717, 1.165) is 10.9 Å².